The Morgan fingerprint density at radius 2 is 1.79 bits per heavy atom. The zero-order chi connectivity index (χ0) is 24.3. The van der Waals surface area contributed by atoms with Gasteiger partial charge in [-0.2, -0.15) is 0 Å². The summed E-state index contributed by atoms with van der Waals surface area (Å²) in [5.41, 5.74) is 1.31. The fraction of sp³-hybridized carbons (Fsp3) is 0.708. The second kappa shape index (κ2) is 9.12. The molecule has 188 valence electrons. The Labute approximate surface area is 209 Å². The van der Waals surface area contributed by atoms with E-state index in [4.69, 9.17) is 23.4 Å². The minimum atomic E-state index is -1.96. The van der Waals surface area contributed by atoms with Crippen LogP contribution in [-0.2, 0) is 18.6 Å². The molecule has 0 amide bonds. The van der Waals surface area contributed by atoms with E-state index in [-0.39, 0.29) is 40.3 Å². The second-order valence-electron chi connectivity index (χ2n) is 11.0. The van der Waals surface area contributed by atoms with Crippen LogP contribution in [0.5, 0.6) is 5.88 Å². The van der Waals surface area contributed by atoms with Gasteiger partial charge in [0.15, 0.2) is 26.1 Å². The molecule has 0 bridgehead atoms. The highest BCUT2D eigenvalue weighted by molar-refractivity contribution is 9.10. The number of pyridine rings is 1. The van der Waals surface area contributed by atoms with Gasteiger partial charge in [0.1, 0.15) is 23.0 Å². The lowest BCUT2D eigenvalue weighted by Gasteiger charge is -2.39. The molecule has 0 aromatic carbocycles. The van der Waals surface area contributed by atoms with E-state index >= 15 is 0 Å². The van der Waals surface area contributed by atoms with Crippen LogP contribution in [-0.4, -0.2) is 62.1 Å². The first-order chi connectivity index (χ1) is 16.0. The zero-order valence-electron chi connectivity index (χ0n) is 20.5. The summed E-state index contributed by atoms with van der Waals surface area (Å²) in [4.78, 5) is 4.38. The summed E-state index contributed by atoms with van der Waals surface area (Å²) in [6.45, 7) is 12.8. The Morgan fingerprint density at radius 3 is 2.47 bits per heavy atom. The molecule has 5 rings (SSSR count). The van der Waals surface area contributed by atoms with Crippen LogP contribution in [0.25, 0.3) is 11.0 Å². The highest BCUT2D eigenvalue weighted by Crippen LogP contribution is 2.41. The Hall–Kier alpha value is -1.04. The third-order valence-electron chi connectivity index (χ3n) is 7.63. The molecule has 0 N–H and O–H groups in total. The predicted octanol–water partition coefficient (Wildman–Crippen LogP) is 5.57. The van der Waals surface area contributed by atoms with Crippen LogP contribution in [0.15, 0.2) is 16.7 Å². The number of nitrogens with zero attached hydrogens (tertiary/aromatic N) is 2. The van der Waals surface area contributed by atoms with Crippen molar-refractivity contribution in [3.63, 3.8) is 0 Å². The number of rotatable bonds is 5. The van der Waals surface area contributed by atoms with E-state index in [9.17, 15) is 4.39 Å². The maximum Gasteiger partial charge on any atom is 0.198 e. The van der Waals surface area contributed by atoms with Gasteiger partial charge in [-0.15, -0.1) is 0 Å². The first kappa shape index (κ1) is 24.6. The van der Waals surface area contributed by atoms with Gasteiger partial charge in [0.25, 0.3) is 0 Å². The number of halogens is 2. The summed E-state index contributed by atoms with van der Waals surface area (Å²) in [6.07, 6.45) is 1.91. The van der Waals surface area contributed by atoms with E-state index in [1.807, 2.05) is 10.6 Å². The van der Waals surface area contributed by atoms with E-state index in [1.54, 1.807) is 0 Å². The topological polar surface area (TPSA) is 64.0 Å². The van der Waals surface area contributed by atoms with Gasteiger partial charge in [0, 0.05) is 18.7 Å². The lowest BCUT2D eigenvalue weighted by Crippen LogP contribution is -2.47. The Morgan fingerprint density at radius 1 is 1.09 bits per heavy atom. The zero-order valence-corrected chi connectivity index (χ0v) is 23.1. The van der Waals surface area contributed by atoms with Crippen molar-refractivity contribution in [2.75, 3.05) is 19.8 Å². The average molecular weight is 558 g/mol. The molecule has 5 heterocycles. The van der Waals surface area contributed by atoms with Gasteiger partial charge in [-0.3, -0.25) is 4.57 Å². The van der Waals surface area contributed by atoms with E-state index in [0.29, 0.717) is 36.7 Å². The molecule has 5 atom stereocenters. The minimum absolute atomic E-state index is 0.0984. The van der Waals surface area contributed by atoms with Crippen LogP contribution >= 0.6 is 15.9 Å². The molecular formula is C24H34BrFN2O5Si. The van der Waals surface area contributed by atoms with Gasteiger partial charge >= 0.3 is 0 Å². The maximum absolute atomic E-state index is 14.4. The third kappa shape index (κ3) is 4.46. The van der Waals surface area contributed by atoms with Crippen LogP contribution in [0, 0.1) is 5.82 Å². The smallest absolute Gasteiger partial charge is 0.198 e. The fourth-order valence-electron chi connectivity index (χ4n) is 4.73. The quantitative estimate of drug-likeness (QED) is 0.354. The van der Waals surface area contributed by atoms with Crippen LogP contribution in [0.4, 0.5) is 4.39 Å². The van der Waals surface area contributed by atoms with Gasteiger partial charge in [-0.25, -0.2) is 9.37 Å². The van der Waals surface area contributed by atoms with Gasteiger partial charge in [-0.1, -0.05) is 20.8 Å². The Kier molecular flexibility index (Phi) is 6.61. The SMILES string of the molecule is CC(C)(C)[Si](C)(C)O[C@@H]1CO[C@H]2[C@@H]1OC[C@H]2Oc1cc2nc(Br)c(F)cc2n1C1CCCCO1. The van der Waals surface area contributed by atoms with Crippen molar-refractivity contribution < 1.29 is 27.8 Å². The molecule has 0 saturated carbocycles. The predicted molar refractivity (Wildman–Crippen MR) is 132 cm³/mol. The number of hydrogen-bond acceptors (Lipinski definition) is 6. The minimum Gasteiger partial charge on any atom is -0.470 e. The number of hydrogen-bond donors (Lipinski definition) is 0. The monoisotopic (exact) mass is 556 g/mol. The van der Waals surface area contributed by atoms with Gasteiger partial charge < -0.3 is 23.4 Å². The summed E-state index contributed by atoms with van der Waals surface area (Å²) >= 11 is 3.20. The van der Waals surface area contributed by atoms with Crippen molar-refractivity contribution in [2.24, 2.45) is 0 Å². The molecule has 3 saturated heterocycles. The molecule has 1 unspecified atom stereocenters. The first-order valence-corrected chi connectivity index (χ1v) is 15.8. The molecule has 3 aliphatic rings. The summed E-state index contributed by atoms with van der Waals surface area (Å²) in [5.74, 6) is 0.182. The molecule has 0 aliphatic carbocycles. The molecule has 0 spiro atoms. The highest BCUT2D eigenvalue weighted by Gasteiger charge is 2.52. The molecule has 0 radical (unpaired) electrons. The molecule has 34 heavy (non-hydrogen) atoms. The molecule has 10 heteroatoms. The van der Waals surface area contributed by atoms with Crippen LogP contribution < -0.4 is 4.74 Å². The lowest BCUT2D eigenvalue weighted by molar-refractivity contribution is -0.0391. The van der Waals surface area contributed by atoms with Crippen molar-refractivity contribution in [1.82, 2.24) is 9.55 Å². The van der Waals surface area contributed by atoms with Crippen LogP contribution in [0.2, 0.25) is 18.1 Å². The van der Waals surface area contributed by atoms with Gasteiger partial charge in [0.05, 0.1) is 30.4 Å². The van der Waals surface area contributed by atoms with Gasteiger partial charge in [-0.05, 0) is 53.3 Å². The summed E-state index contributed by atoms with van der Waals surface area (Å²) in [7, 11) is -1.96. The molecule has 2 aromatic rings. The first-order valence-electron chi connectivity index (χ1n) is 12.1. The summed E-state index contributed by atoms with van der Waals surface area (Å²) < 4.78 is 48.0. The largest absolute Gasteiger partial charge is 0.470 e. The van der Waals surface area contributed by atoms with Crippen LogP contribution in [0.1, 0.15) is 46.3 Å². The second-order valence-corrected chi connectivity index (χ2v) is 16.5. The molecule has 3 aliphatic heterocycles. The fourth-order valence-corrected chi connectivity index (χ4v) is 6.35. The summed E-state index contributed by atoms with van der Waals surface area (Å²) in [6, 6.07) is 3.34. The average Bonchev–Trinajstić information content (AvgIpc) is 3.44. The lowest BCUT2D eigenvalue weighted by atomic mass is 10.1. The summed E-state index contributed by atoms with van der Waals surface area (Å²) in [5, 5.41) is 0.108. The third-order valence-corrected chi connectivity index (χ3v) is 12.7. The van der Waals surface area contributed by atoms with E-state index in [0.717, 1.165) is 19.3 Å². The van der Waals surface area contributed by atoms with E-state index in [2.05, 4.69) is 54.8 Å². The Bertz CT molecular complexity index is 1050. The van der Waals surface area contributed by atoms with Crippen molar-refractivity contribution in [3.05, 3.63) is 22.6 Å². The normalized spacial score (nSPS) is 30.1. The Balaban J connectivity index is 1.39. The standard InChI is InChI=1S/C24H34BrFN2O5Si/c1-24(2,3)34(4,5)33-18-13-31-21-17(12-30-22(18)21)32-20-11-15-16(10-14(26)23(25)27-15)28(20)19-8-6-7-9-29-19/h10-11,17-19,21-22H,6-9,12-13H2,1-5H3/t17-,18-,19?,21-,22-/m1/s1. The van der Waals surface area contributed by atoms with E-state index in [1.165, 1.54) is 6.07 Å². The van der Waals surface area contributed by atoms with E-state index < -0.39 is 14.1 Å². The molecular weight excluding hydrogens is 523 g/mol. The van der Waals surface area contributed by atoms with Crippen molar-refractivity contribution in [3.8, 4) is 5.88 Å². The number of aromatic nitrogens is 2. The molecule has 3 fully saturated rings. The van der Waals surface area contributed by atoms with Crippen molar-refractivity contribution in [2.45, 2.75) is 88.8 Å². The highest BCUT2D eigenvalue weighted by atomic mass is 79.9. The van der Waals surface area contributed by atoms with Gasteiger partial charge in [0.2, 0.25) is 0 Å². The number of ether oxygens (including phenoxy) is 4. The maximum atomic E-state index is 14.4. The number of fused-ring (bicyclic) bond motifs is 2. The molecule has 2 aromatic heterocycles. The van der Waals surface area contributed by atoms with Crippen molar-refractivity contribution in [1.29, 1.82) is 0 Å². The van der Waals surface area contributed by atoms with Crippen LogP contribution in [0.3, 0.4) is 0 Å². The van der Waals surface area contributed by atoms with Crippen molar-refractivity contribution >= 4 is 35.3 Å². The molecule has 7 nitrogen and oxygen atoms in total.